The molecule has 1 fully saturated rings. The van der Waals surface area contributed by atoms with Crippen molar-refractivity contribution in [3.63, 3.8) is 0 Å². The van der Waals surface area contributed by atoms with Crippen LogP contribution in [0.25, 0.3) is 0 Å². The van der Waals surface area contributed by atoms with Gasteiger partial charge in [-0.1, -0.05) is 12.1 Å². The summed E-state index contributed by atoms with van der Waals surface area (Å²) in [7, 11) is 1.30. The lowest BCUT2D eigenvalue weighted by atomic mass is 10.1. The van der Waals surface area contributed by atoms with E-state index in [1.54, 1.807) is 55.5 Å². The number of benzene rings is 2. The second-order valence-electron chi connectivity index (χ2n) is 6.32. The van der Waals surface area contributed by atoms with E-state index < -0.39 is 17.3 Å². The van der Waals surface area contributed by atoms with E-state index >= 15 is 0 Å². The van der Waals surface area contributed by atoms with E-state index in [0.29, 0.717) is 22.4 Å². The summed E-state index contributed by atoms with van der Waals surface area (Å²) in [5.41, 5.74) is 2.11. The van der Waals surface area contributed by atoms with Crippen LogP contribution in [-0.2, 0) is 20.8 Å². The molecule has 156 valence electrons. The third-order valence-corrected chi connectivity index (χ3v) is 5.32. The SMILES string of the molecule is CCOC(=O)c1ccc(CN2C(=O)SC(Nc3ccc(C(=O)OC)cc3)C2=O)cc1. The van der Waals surface area contributed by atoms with Gasteiger partial charge in [-0.15, -0.1) is 0 Å². The zero-order valence-corrected chi connectivity index (χ0v) is 17.2. The average molecular weight is 428 g/mol. The van der Waals surface area contributed by atoms with E-state index in [1.807, 2.05) is 0 Å². The van der Waals surface area contributed by atoms with Crippen LogP contribution in [0.5, 0.6) is 0 Å². The van der Waals surface area contributed by atoms with Crippen LogP contribution in [-0.4, -0.2) is 47.1 Å². The van der Waals surface area contributed by atoms with Crippen molar-refractivity contribution in [3.8, 4) is 0 Å². The molecule has 1 unspecified atom stereocenters. The second-order valence-corrected chi connectivity index (χ2v) is 7.38. The molecule has 2 aromatic rings. The molecule has 9 heteroatoms. The first-order chi connectivity index (χ1) is 14.4. The van der Waals surface area contributed by atoms with Gasteiger partial charge in [0.25, 0.3) is 11.1 Å². The lowest BCUT2D eigenvalue weighted by Crippen LogP contribution is -2.33. The predicted molar refractivity (Wildman–Crippen MR) is 111 cm³/mol. The van der Waals surface area contributed by atoms with E-state index in [2.05, 4.69) is 10.1 Å². The maximum absolute atomic E-state index is 12.7. The maximum atomic E-state index is 12.7. The Labute approximate surface area is 177 Å². The molecule has 1 saturated heterocycles. The average Bonchev–Trinajstić information content (AvgIpc) is 3.01. The molecule has 1 heterocycles. The summed E-state index contributed by atoms with van der Waals surface area (Å²) in [5, 5.41) is 1.87. The number of methoxy groups -OCH3 is 1. The van der Waals surface area contributed by atoms with Gasteiger partial charge in [-0.25, -0.2) is 9.59 Å². The van der Waals surface area contributed by atoms with Crippen molar-refractivity contribution in [3.05, 3.63) is 65.2 Å². The number of nitrogens with zero attached hydrogens (tertiary/aromatic N) is 1. The minimum Gasteiger partial charge on any atom is -0.465 e. The summed E-state index contributed by atoms with van der Waals surface area (Å²) < 4.78 is 9.59. The summed E-state index contributed by atoms with van der Waals surface area (Å²) in [6.45, 7) is 2.12. The topological polar surface area (TPSA) is 102 Å². The summed E-state index contributed by atoms with van der Waals surface area (Å²) in [5.74, 6) is -1.24. The molecule has 1 atom stereocenters. The van der Waals surface area contributed by atoms with Crippen LogP contribution in [0, 0.1) is 0 Å². The van der Waals surface area contributed by atoms with Crippen LogP contribution < -0.4 is 5.32 Å². The number of ether oxygens (including phenoxy) is 2. The molecule has 30 heavy (non-hydrogen) atoms. The van der Waals surface area contributed by atoms with Crippen molar-refractivity contribution in [2.75, 3.05) is 19.0 Å². The molecule has 0 bridgehead atoms. The fraction of sp³-hybridized carbons (Fsp3) is 0.238. The number of imide groups is 1. The van der Waals surface area contributed by atoms with Crippen molar-refractivity contribution in [2.24, 2.45) is 0 Å². The minimum absolute atomic E-state index is 0.104. The van der Waals surface area contributed by atoms with Crippen molar-refractivity contribution >= 4 is 40.5 Å². The fourth-order valence-corrected chi connectivity index (χ4v) is 3.70. The van der Waals surface area contributed by atoms with Crippen molar-refractivity contribution in [1.82, 2.24) is 4.90 Å². The first kappa shape index (κ1) is 21.4. The largest absolute Gasteiger partial charge is 0.465 e. The Kier molecular flexibility index (Phi) is 6.73. The smallest absolute Gasteiger partial charge is 0.338 e. The number of carbonyl (C=O) groups excluding carboxylic acids is 4. The molecule has 1 aliphatic rings. The van der Waals surface area contributed by atoms with E-state index in [1.165, 1.54) is 7.11 Å². The highest BCUT2D eigenvalue weighted by molar-refractivity contribution is 8.15. The van der Waals surface area contributed by atoms with Gasteiger partial charge in [0, 0.05) is 5.69 Å². The number of nitrogens with one attached hydrogen (secondary N) is 1. The Balaban J connectivity index is 1.63. The van der Waals surface area contributed by atoms with Crippen LogP contribution >= 0.6 is 11.8 Å². The molecule has 1 N–H and O–H groups in total. The van der Waals surface area contributed by atoms with Crippen LogP contribution in [0.4, 0.5) is 10.5 Å². The summed E-state index contributed by atoms with van der Waals surface area (Å²) >= 11 is 0.886. The molecule has 2 aromatic carbocycles. The summed E-state index contributed by atoms with van der Waals surface area (Å²) in [4.78, 5) is 49.4. The molecule has 1 aliphatic heterocycles. The van der Waals surface area contributed by atoms with E-state index in [-0.39, 0.29) is 24.3 Å². The van der Waals surface area contributed by atoms with Gasteiger partial charge < -0.3 is 14.8 Å². The van der Waals surface area contributed by atoms with Gasteiger partial charge in [0.05, 0.1) is 31.4 Å². The normalized spacial score (nSPS) is 15.8. The number of amides is 2. The highest BCUT2D eigenvalue weighted by atomic mass is 32.2. The summed E-state index contributed by atoms with van der Waals surface area (Å²) in [6, 6.07) is 13.0. The molecule has 0 aliphatic carbocycles. The van der Waals surface area contributed by atoms with Gasteiger partial charge in [0.1, 0.15) is 0 Å². The third-order valence-electron chi connectivity index (χ3n) is 4.34. The van der Waals surface area contributed by atoms with E-state index in [0.717, 1.165) is 16.7 Å². The van der Waals surface area contributed by atoms with Gasteiger partial charge in [0.2, 0.25) is 0 Å². The molecule has 0 radical (unpaired) electrons. The van der Waals surface area contributed by atoms with Crippen molar-refractivity contribution < 1.29 is 28.7 Å². The molecule has 3 rings (SSSR count). The number of thioether (sulfide) groups is 1. The third kappa shape index (κ3) is 4.80. The van der Waals surface area contributed by atoms with E-state index in [4.69, 9.17) is 4.74 Å². The predicted octanol–water partition coefficient (Wildman–Crippen LogP) is 3.28. The molecular weight excluding hydrogens is 408 g/mol. The Morgan fingerprint density at radius 2 is 1.60 bits per heavy atom. The zero-order valence-electron chi connectivity index (χ0n) is 16.4. The highest BCUT2D eigenvalue weighted by Gasteiger charge is 2.39. The second kappa shape index (κ2) is 9.45. The zero-order chi connectivity index (χ0) is 21.7. The number of hydrogen-bond acceptors (Lipinski definition) is 8. The van der Waals surface area contributed by atoms with Crippen molar-refractivity contribution in [1.29, 1.82) is 0 Å². The van der Waals surface area contributed by atoms with Gasteiger partial charge in [-0.3, -0.25) is 14.5 Å². The molecular formula is C21H20N2O6S. The molecule has 8 nitrogen and oxygen atoms in total. The Morgan fingerprint density at radius 3 is 2.20 bits per heavy atom. The Morgan fingerprint density at radius 1 is 1.00 bits per heavy atom. The van der Waals surface area contributed by atoms with Crippen molar-refractivity contribution in [2.45, 2.75) is 18.8 Å². The molecule has 0 saturated carbocycles. The van der Waals surface area contributed by atoms with Crippen LogP contribution in [0.15, 0.2) is 48.5 Å². The lowest BCUT2D eigenvalue weighted by Gasteiger charge is -2.15. The fourth-order valence-electron chi connectivity index (χ4n) is 2.80. The monoisotopic (exact) mass is 428 g/mol. The van der Waals surface area contributed by atoms with Crippen LogP contribution in [0.3, 0.4) is 0 Å². The highest BCUT2D eigenvalue weighted by Crippen LogP contribution is 2.29. The number of carbonyl (C=O) groups is 4. The van der Waals surface area contributed by atoms with Crippen LogP contribution in [0.2, 0.25) is 0 Å². The first-order valence-electron chi connectivity index (χ1n) is 9.16. The van der Waals surface area contributed by atoms with Gasteiger partial charge in [-0.2, -0.15) is 0 Å². The minimum atomic E-state index is -0.764. The summed E-state index contributed by atoms with van der Waals surface area (Å²) in [6.07, 6.45) is 0. The van der Waals surface area contributed by atoms with Crippen LogP contribution in [0.1, 0.15) is 33.2 Å². The molecule has 0 spiro atoms. The Hall–Kier alpha value is -3.33. The Bertz CT molecular complexity index is 958. The van der Waals surface area contributed by atoms with Gasteiger partial charge >= 0.3 is 11.9 Å². The van der Waals surface area contributed by atoms with Gasteiger partial charge in [-0.05, 0) is 60.6 Å². The number of hydrogen-bond donors (Lipinski definition) is 1. The first-order valence-corrected chi connectivity index (χ1v) is 10.0. The lowest BCUT2D eigenvalue weighted by molar-refractivity contribution is -0.126. The molecule has 2 amide bonds. The number of rotatable bonds is 7. The molecule has 0 aromatic heterocycles. The van der Waals surface area contributed by atoms with E-state index in [9.17, 15) is 19.2 Å². The number of anilines is 1. The number of esters is 2. The standard InChI is InChI=1S/C21H20N2O6S/c1-3-29-20(26)15-6-4-13(5-7-15)12-23-18(24)17(30-21(23)27)22-16-10-8-14(9-11-16)19(25)28-2/h4-11,17,22H,3,12H2,1-2H3. The quantitative estimate of drug-likeness (QED) is 0.671. The maximum Gasteiger partial charge on any atom is 0.338 e. The van der Waals surface area contributed by atoms with Gasteiger partial charge in [0.15, 0.2) is 5.37 Å².